The molecule has 3 aromatic rings. The van der Waals surface area contributed by atoms with Crippen molar-refractivity contribution in [3.8, 4) is 10.6 Å². The first-order valence-electron chi connectivity index (χ1n) is 8.97. The molecule has 3 aromatic heterocycles. The molecule has 1 aliphatic rings. The predicted octanol–water partition coefficient (Wildman–Crippen LogP) is 5.38. The number of Topliss-reactive ketones (excluding diaryl/α,β-unsaturated/α-hetero) is 1. The average molecular weight is 453 g/mol. The summed E-state index contributed by atoms with van der Waals surface area (Å²) >= 11 is 15.1. The van der Waals surface area contributed by atoms with Crippen LogP contribution in [0, 0.1) is 0 Å². The average Bonchev–Trinajstić information content (AvgIpc) is 3.37. The van der Waals surface area contributed by atoms with Crippen LogP contribution in [0.1, 0.15) is 40.1 Å². The number of carbonyl (C=O) groups excluding carboxylic acids is 1. The highest BCUT2D eigenvalue weighted by Crippen LogP contribution is 2.36. The van der Waals surface area contributed by atoms with Gasteiger partial charge in [-0.3, -0.25) is 9.69 Å². The van der Waals surface area contributed by atoms with Gasteiger partial charge in [0.05, 0.1) is 34.4 Å². The van der Waals surface area contributed by atoms with E-state index in [0.29, 0.717) is 16.8 Å². The Bertz CT molecular complexity index is 986. The molecule has 146 valence electrons. The van der Waals surface area contributed by atoms with Crippen LogP contribution in [0.3, 0.4) is 0 Å². The summed E-state index contributed by atoms with van der Waals surface area (Å²) in [5.41, 5.74) is 1.24. The Kier molecular flexibility index (Phi) is 6.08. The van der Waals surface area contributed by atoms with Gasteiger partial charge in [-0.25, -0.2) is 15.0 Å². The first-order valence-corrected chi connectivity index (χ1v) is 11.4. The van der Waals surface area contributed by atoms with E-state index in [0.717, 1.165) is 28.7 Å². The molecule has 28 heavy (non-hydrogen) atoms. The Morgan fingerprint density at radius 3 is 2.82 bits per heavy atom. The van der Waals surface area contributed by atoms with Gasteiger partial charge >= 0.3 is 0 Å². The zero-order chi connectivity index (χ0) is 19.7. The number of ketones is 1. The van der Waals surface area contributed by atoms with Crippen molar-refractivity contribution >= 4 is 51.7 Å². The third-order valence-electron chi connectivity index (χ3n) is 4.80. The lowest BCUT2D eigenvalue weighted by atomic mass is 10.2. The molecular formula is C19H18Cl2N4OS2. The summed E-state index contributed by atoms with van der Waals surface area (Å²) < 4.78 is 0. The van der Waals surface area contributed by atoms with Gasteiger partial charge in [-0.05, 0) is 32.4 Å². The fourth-order valence-corrected chi connectivity index (χ4v) is 5.67. The molecule has 4 heterocycles. The maximum atomic E-state index is 12.6. The lowest BCUT2D eigenvalue weighted by Gasteiger charge is -2.20. The zero-order valence-corrected chi connectivity index (χ0v) is 18.3. The second-order valence-corrected chi connectivity index (χ2v) is 9.70. The van der Waals surface area contributed by atoms with Gasteiger partial charge in [-0.1, -0.05) is 23.2 Å². The van der Waals surface area contributed by atoms with E-state index in [4.69, 9.17) is 28.2 Å². The largest absolute Gasteiger partial charge is 0.296 e. The van der Waals surface area contributed by atoms with E-state index >= 15 is 0 Å². The van der Waals surface area contributed by atoms with Gasteiger partial charge in [0.2, 0.25) is 0 Å². The molecule has 0 bridgehead atoms. The number of thiophene rings is 1. The maximum Gasteiger partial charge on any atom is 0.189 e. The van der Waals surface area contributed by atoms with Gasteiger partial charge in [0.1, 0.15) is 15.9 Å². The molecule has 1 fully saturated rings. The molecule has 0 N–H and O–H groups in total. The Morgan fingerprint density at radius 2 is 2.18 bits per heavy atom. The summed E-state index contributed by atoms with van der Waals surface area (Å²) in [7, 11) is 0. The van der Waals surface area contributed by atoms with Crippen LogP contribution in [-0.2, 0) is 13.0 Å². The smallest absolute Gasteiger partial charge is 0.189 e. The number of likely N-dealkylation sites (tertiary alicyclic amines) is 1. The number of halogens is 2. The molecule has 5 nitrogen and oxygen atoms in total. The molecule has 4 rings (SSSR count). The number of aromatic nitrogens is 3. The predicted molar refractivity (Wildman–Crippen MR) is 115 cm³/mol. The summed E-state index contributed by atoms with van der Waals surface area (Å²) in [5.74, 6) is -0.116. The van der Waals surface area contributed by atoms with E-state index in [1.807, 2.05) is 11.4 Å². The fraction of sp³-hybridized carbons (Fsp3) is 0.368. The van der Waals surface area contributed by atoms with E-state index < -0.39 is 0 Å². The Labute approximate surface area is 181 Å². The molecule has 1 atom stereocenters. The Hall–Kier alpha value is -1.38. The number of thiazole rings is 1. The van der Waals surface area contributed by atoms with Crippen molar-refractivity contribution in [2.75, 3.05) is 6.54 Å². The molecule has 1 saturated heterocycles. The van der Waals surface area contributed by atoms with Gasteiger partial charge in [0.25, 0.3) is 0 Å². The quantitative estimate of drug-likeness (QED) is 0.469. The molecule has 0 saturated carbocycles. The van der Waals surface area contributed by atoms with E-state index in [1.165, 1.54) is 30.1 Å². The van der Waals surface area contributed by atoms with Crippen LogP contribution in [0.2, 0.25) is 10.2 Å². The minimum Gasteiger partial charge on any atom is -0.296 e. The highest BCUT2D eigenvalue weighted by molar-refractivity contribution is 7.15. The summed E-state index contributed by atoms with van der Waals surface area (Å²) in [6.07, 6.45) is 5.43. The van der Waals surface area contributed by atoms with Crippen LogP contribution in [0.25, 0.3) is 10.6 Å². The lowest BCUT2D eigenvalue weighted by molar-refractivity contribution is 0.0988. The first kappa shape index (κ1) is 19.9. The van der Waals surface area contributed by atoms with Crippen LogP contribution in [0.4, 0.5) is 0 Å². The standard InChI is InChI=1S/C19H18Cl2N4OS2/c1-11-3-2-4-25(11)9-16-19(15-5-12(20)10-27-15)24-18(28-16)6-14(26)13-7-23-17(21)8-22-13/h5,7-8,10-11H,2-4,6,9H2,1H3/t11-/m1/s1. The van der Waals surface area contributed by atoms with Crippen molar-refractivity contribution < 1.29 is 4.79 Å². The highest BCUT2D eigenvalue weighted by atomic mass is 35.5. The third kappa shape index (κ3) is 4.44. The maximum absolute atomic E-state index is 12.6. The summed E-state index contributed by atoms with van der Waals surface area (Å²) in [6, 6.07) is 2.50. The SMILES string of the molecule is C[C@@H]1CCCN1Cc1sc(CC(=O)c2cnc(Cl)cn2)nc1-c1cc(Cl)cs1. The van der Waals surface area contributed by atoms with Gasteiger partial charge in [-0.2, -0.15) is 0 Å². The minimum atomic E-state index is -0.116. The topological polar surface area (TPSA) is 59.0 Å². The lowest BCUT2D eigenvalue weighted by Crippen LogP contribution is -2.25. The van der Waals surface area contributed by atoms with Crippen molar-refractivity contribution in [1.29, 1.82) is 0 Å². The molecule has 9 heteroatoms. The van der Waals surface area contributed by atoms with Crippen LogP contribution in [0.15, 0.2) is 23.8 Å². The van der Waals surface area contributed by atoms with E-state index in [2.05, 4.69) is 21.8 Å². The van der Waals surface area contributed by atoms with E-state index in [-0.39, 0.29) is 17.4 Å². The van der Waals surface area contributed by atoms with Crippen molar-refractivity contribution in [2.24, 2.45) is 0 Å². The second-order valence-electron chi connectivity index (χ2n) is 6.79. The number of hydrogen-bond acceptors (Lipinski definition) is 7. The zero-order valence-electron chi connectivity index (χ0n) is 15.2. The highest BCUT2D eigenvalue weighted by Gasteiger charge is 2.24. The molecule has 0 aliphatic carbocycles. The number of hydrogen-bond donors (Lipinski definition) is 0. The van der Waals surface area contributed by atoms with Crippen LogP contribution in [0.5, 0.6) is 0 Å². The molecule has 0 amide bonds. The molecular weight excluding hydrogens is 435 g/mol. The minimum absolute atomic E-state index is 0.116. The third-order valence-corrected chi connectivity index (χ3v) is 7.32. The summed E-state index contributed by atoms with van der Waals surface area (Å²) in [5, 5.41) is 3.67. The molecule has 0 spiro atoms. The monoisotopic (exact) mass is 452 g/mol. The Morgan fingerprint density at radius 1 is 1.32 bits per heavy atom. The van der Waals surface area contributed by atoms with Crippen molar-refractivity contribution in [1.82, 2.24) is 19.9 Å². The molecule has 1 aliphatic heterocycles. The number of rotatable bonds is 6. The van der Waals surface area contributed by atoms with Crippen molar-refractivity contribution in [2.45, 2.75) is 38.8 Å². The van der Waals surface area contributed by atoms with Gasteiger partial charge in [0.15, 0.2) is 5.78 Å². The van der Waals surface area contributed by atoms with Crippen LogP contribution < -0.4 is 0 Å². The summed E-state index contributed by atoms with van der Waals surface area (Å²) in [4.78, 5) is 30.1. The van der Waals surface area contributed by atoms with Crippen molar-refractivity contribution in [3.05, 3.63) is 49.6 Å². The van der Waals surface area contributed by atoms with E-state index in [9.17, 15) is 4.79 Å². The normalized spacial score (nSPS) is 17.3. The van der Waals surface area contributed by atoms with Gasteiger partial charge in [-0.15, -0.1) is 22.7 Å². The van der Waals surface area contributed by atoms with Crippen LogP contribution in [-0.4, -0.2) is 38.2 Å². The second kappa shape index (κ2) is 8.55. The van der Waals surface area contributed by atoms with Gasteiger partial charge in [0, 0.05) is 22.8 Å². The Balaban J connectivity index is 1.60. The number of nitrogens with zero attached hydrogens (tertiary/aromatic N) is 4. The fourth-order valence-electron chi connectivity index (χ4n) is 3.31. The molecule has 0 unspecified atom stereocenters. The first-order chi connectivity index (χ1) is 13.5. The van der Waals surface area contributed by atoms with Gasteiger partial charge < -0.3 is 0 Å². The van der Waals surface area contributed by atoms with Crippen molar-refractivity contribution in [3.63, 3.8) is 0 Å². The molecule has 0 radical (unpaired) electrons. The van der Waals surface area contributed by atoms with Crippen LogP contribution >= 0.6 is 45.9 Å². The number of carbonyl (C=O) groups is 1. The summed E-state index contributed by atoms with van der Waals surface area (Å²) in [6.45, 7) is 4.20. The van der Waals surface area contributed by atoms with E-state index in [1.54, 1.807) is 22.7 Å². The molecule has 0 aromatic carbocycles.